The number of rotatable bonds is 5. The van der Waals surface area contributed by atoms with Gasteiger partial charge in [0.1, 0.15) is 5.82 Å². The summed E-state index contributed by atoms with van der Waals surface area (Å²) in [6, 6.07) is 10.1. The molecule has 0 amide bonds. The first-order valence-electron chi connectivity index (χ1n) is 7.65. The Kier molecular flexibility index (Phi) is 4.31. The van der Waals surface area contributed by atoms with Crippen molar-refractivity contribution in [3.63, 3.8) is 0 Å². The van der Waals surface area contributed by atoms with Crippen molar-refractivity contribution in [3.05, 3.63) is 47.5 Å². The van der Waals surface area contributed by atoms with E-state index in [0.717, 1.165) is 43.0 Å². The molecular formula is C16H22N4O. The van der Waals surface area contributed by atoms with Crippen LogP contribution in [0.2, 0.25) is 0 Å². The van der Waals surface area contributed by atoms with Gasteiger partial charge in [0, 0.05) is 25.4 Å². The minimum Gasteiger partial charge on any atom is -0.387 e. The molecule has 0 spiro atoms. The van der Waals surface area contributed by atoms with E-state index in [0.29, 0.717) is 12.6 Å². The van der Waals surface area contributed by atoms with Gasteiger partial charge in [-0.15, -0.1) is 0 Å². The summed E-state index contributed by atoms with van der Waals surface area (Å²) in [5.41, 5.74) is 0.954. The summed E-state index contributed by atoms with van der Waals surface area (Å²) in [4.78, 5) is 4.52. The molecular weight excluding hydrogens is 264 g/mol. The van der Waals surface area contributed by atoms with Crippen molar-refractivity contribution in [2.75, 3.05) is 6.54 Å². The van der Waals surface area contributed by atoms with Gasteiger partial charge in [-0.3, -0.25) is 0 Å². The SMILES string of the molecule is CCc1nc2n(n1)CC(NCC(O)c1ccccc1)CC2. The third-order valence-corrected chi connectivity index (χ3v) is 4.00. The average molecular weight is 286 g/mol. The van der Waals surface area contributed by atoms with Crippen LogP contribution in [-0.2, 0) is 19.4 Å². The standard InChI is InChI=1S/C16H22N4O/c1-2-15-18-16-9-8-13(11-20(16)19-15)17-10-14(21)12-6-4-3-5-7-12/h3-7,13-14,17,21H,2,8-11H2,1H3. The third kappa shape index (κ3) is 3.31. The first-order chi connectivity index (χ1) is 10.3. The molecule has 2 atom stereocenters. The van der Waals surface area contributed by atoms with Gasteiger partial charge in [-0.05, 0) is 12.0 Å². The Balaban J connectivity index is 1.55. The van der Waals surface area contributed by atoms with Crippen LogP contribution in [0, 0.1) is 0 Å². The minimum absolute atomic E-state index is 0.349. The Labute approximate surface area is 125 Å². The van der Waals surface area contributed by atoms with Crippen LogP contribution < -0.4 is 5.32 Å². The quantitative estimate of drug-likeness (QED) is 0.874. The van der Waals surface area contributed by atoms with E-state index in [2.05, 4.69) is 22.3 Å². The van der Waals surface area contributed by atoms with Gasteiger partial charge in [0.25, 0.3) is 0 Å². The highest BCUT2D eigenvalue weighted by Crippen LogP contribution is 2.15. The fraction of sp³-hybridized carbons (Fsp3) is 0.500. The number of aliphatic hydroxyl groups excluding tert-OH is 1. The summed E-state index contributed by atoms with van der Waals surface area (Å²) >= 11 is 0. The number of aryl methyl sites for hydroxylation is 2. The molecule has 0 bridgehead atoms. The Morgan fingerprint density at radius 3 is 2.95 bits per heavy atom. The molecule has 5 nitrogen and oxygen atoms in total. The van der Waals surface area contributed by atoms with E-state index in [4.69, 9.17) is 0 Å². The second-order valence-corrected chi connectivity index (χ2v) is 5.55. The molecule has 2 aromatic rings. The van der Waals surface area contributed by atoms with Crippen LogP contribution in [0.4, 0.5) is 0 Å². The molecule has 2 N–H and O–H groups in total. The lowest BCUT2D eigenvalue weighted by Crippen LogP contribution is -2.39. The molecule has 2 unspecified atom stereocenters. The summed E-state index contributed by atoms with van der Waals surface area (Å²) in [6.07, 6.45) is 2.41. The van der Waals surface area contributed by atoms with Gasteiger partial charge in [0.15, 0.2) is 5.82 Å². The second-order valence-electron chi connectivity index (χ2n) is 5.55. The van der Waals surface area contributed by atoms with E-state index in [9.17, 15) is 5.11 Å². The maximum atomic E-state index is 10.2. The fourth-order valence-corrected chi connectivity index (χ4v) is 2.75. The number of hydrogen-bond acceptors (Lipinski definition) is 4. The molecule has 1 aliphatic rings. The normalized spacial score (nSPS) is 19.2. The number of nitrogens with zero attached hydrogens (tertiary/aromatic N) is 3. The van der Waals surface area contributed by atoms with Gasteiger partial charge in [0.2, 0.25) is 0 Å². The van der Waals surface area contributed by atoms with Crippen molar-refractivity contribution in [1.82, 2.24) is 20.1 Å². The van der Waals surface area contributed by atoms with E-state index in [-0.39, 0.29) is 0 Å². The molecule has 0 aliphatic carbocycles. The minimum atomic E-state index is -0.463. The summed E-state index contributed by atoms with van der Waals surface area (Å²) < 4.78 is 2.01. The zero-order valence-electron chi connectivity index (χ0n) is 12.4. The summed E-state index contributed by atoms with van der Waals surface area (Å²) in [5, 5.41) is 18.1. The molecule has 0 saturated carbocycles. The molecule has 3 rings (SSSR count). The number of aromatic nitrogens is 3. The molecule has 1 aromatic heterocycles. The van der Waals surface area contributed by atoms with Gasteiger partial charge in [-0.1, -0.05) is 37.3 Å². The molecule has 112 valence electrons. The van der Waals surface area contributed by atoms with Crippen molar-refractivity contribution in [2.24, 2.45) is 0 Å². The van der Waals surface area contributed by atoms with Crippen LogP contribution in [0.15, 0.2) is 30.3 Å². The van der Waals surface area contributed by atoms with Crippen LogP contribution in [0.5, 0.6) is 0 Å². The molecule has 5 heteroatoms. The Bertz CT molecular complexity index is 581. The lowest BCUT2D eigenvalue weighted by Gasteiger charge is -2.25. The summed E-state index contributed by atoms with van der Waals surface area (Å²) in [6.45, 7) is 3.48. The summed E-state index contributed by atoms with van der Waals surface area (Å²) in [5.74, 6) is 2.02. The molecule has 0 saturated heterocycles. The molecule has 21 heavy (non-hydrogen) atoms. The fourth-order valence-electron chi connectivity index (χ4n) is 2.75. The number of nitrogens with one attached hydrogen (secondary N) is 1. The predicted octanol–water partition coefficient (Wildman–Crippen LogP) is 1.48. The highest BCUT2D eigenvalue weighted by atomic mass is 16.3. The van der Waals surface area contributed by atoms with E-state index in [1.165, 1.54) is 0 Å². The Morgan fingerprint density at radius 1 is 1.38 bits per heavy atom. The first kappa shape index (κ1) is 14.2. The van der Waals surface area contributed by atoms with Crippen LogP contribution in [0.1, 0.15) is 36.7 Å². The molecule has 0 radical (unpaired) electrons. The number of hydrogen-bond donors (Lipinski definition) is 2. The van der Waals surface area contributed by atoms with E-state index in [1.54, 1.807) is 0 Å². The smallest absolute Gasteiger partial charge is 0.150 e. The highest BCUT2D eigenvalue weighted by Gasteiger charge is 2.21. The average Bonchev–Trinajstić information content (AvgIpc) is 2.95. The maximum Gasteiger partial charge on any atom is 0.150 e. The van der Waals surface area contributed by atoms with Gasteiger partial charge in [0.05, 0.1) is 12.6 Å². The van der Waals surface area contributed by atoms with Crippen molar-refractivity contribution in [3.8, 4) is 0 Å². The van der Waals surface area contributed by atoms with Crippen molar-refractivity contribution in [2.45, 2.75) is 44.9 Å². The largest absolute Gasteiger partial charge is 0.387 e. The highest BCUT2D eigenvalue weighted by molar-refractivity contribution is 5.17. The predicted molar refractivity (Wildman–Crippen MR) is 80.9 cm³/mol. The second kappa shape index (κ2) is 6.37. The number of benzene rings is 1. The first-order valence-corrected chi connectivity index (χ1v) is 7.65. The number of aliphatic hydroxyl groups is 1. The molecule has 0 fully saturated rings. The lowest BCUT2D eigenvalue weighted by atomic mass is 10.1. The van der Waals surface area contributed by atoms with Crippen LogP contribution >= 0.6 is 0 Å². The van der Waals surface area contributed by atoms with Crippen LogP contribution in [-0.4, -0.2) is 32.5 Å². The van der Waals surface area contributed by atoms with Gasteiger partial charge < -0.3 is 10.4 Å². The van der Waals surface area contributed by atoms with Crippen LogP contribution in [0.3, 0.4) is 0 Å². The van der Waals surface area contributed by atoms with Gasteiger partial charge in [-0.2, -0.15) is 5.10 Å². The number of fused-ring (bicyclic) bond motifs is 1. The van der Waals surface area contributed by atoms with Gasteiger partial charge >= 0.3 is 0 Å². The lowest BCUT2D eigenvalue weighted by molar-refractivity contribution is 0.165. The van der Waals surface area contributed by atoms with E-state index >= 15 is 0 Å². The molecule has 1 aliphatic heterocycles. The zero-order chi connectivity index (χ0) is 14.7. The molecule has 1 aromatic carbocycles. The Hall–Kier alpha value is -1.72. The Morgan fingerprint density at radius 2 is 2.19 bits per heavy atom. The topological polar surface area (TPSA) is 63.0 Å². The van der Waals surface area contributed by atoms with E-state index < -0.39 is 6.10 Å². The van der Waals surface area contributed by atoms with Crippen molar-refractivity contribution >= 4 is 0 Å². The third-order valence-electron chi connectivity index (χ3n) is 4.00. The van der Waals surface area contributed by atoms with Gasteiger partial charge in [-0.25, -0.2) is 9.67 Å². The van der Waals surface area contributed by atoms with Crippen molar-refractivity contribution < 1.29 is 5.11 Å². The maximum absolute atomic E-state index is 10.2. The zero-order valence-corrected chi connectivity index (χ0v) is 12.4. The molecule has 2 heterocycles. The van der Waals surface area contributed by atoms with E-state index in [1.807, 2.05) is 35.0 Å². The van der Waals surface area contributed by atoms with Crippen molar-refractivity contribution in [1.29, 1.82) is 0 Å². The monoisotopic (exact) mass is 286 g/mol. The van der Waals surface area contributed by atoms with Crippen LogP contribution in [0.25, 0.3) is 0 Å². The summed E-state index contributed by atoms with van der Waals surface area (Å²) in [7, 11) is 0.